The summed E-state index contributed by atoms with van der Waals surface area (Å²) >= 11 is 3.30. The van der Waals surface area contributed by atoms with Gasteiger partial charge in [-0.25, -0.2) is 0 Å². The lowest BCUT2D eigenvalue weighted by Crippen LogP contribution is -1.84. The predicted octanol–water partition coefficient (Wildman–Crippen LogP) is 4.72. The van der Waals surface area contributed by atoms with E-state index in [-0.39, 0.29) is 5.78 Å². The van der Waals surface area contributed by atoms with Gasteiger partial charge in [-0.3, -0.25) is 4.79 Å². The summed E-state index contributed by atoms with van der Waals surface area (Å²) in [5.74, 6) is 0.0237. The van der Waals surface area contributed by atoms with Crippen LogP contribution in [0.3, 0.4) is 0 Å². The molecule has 0 aliphatic rings. The number of thiophene rings is 2. The molecule has 0 fully saturated rings. The lowest BCUT2D eigenvalue weighted by molar-refractivity contribution is -0.110. The summed E-state index contributed by atoms with van der Waals surface area (Å²) in [6.07, 6.45) is 7.01. The maximum absolute atomic E-state index is 11.7. The molecule has 0 saturated heterocycles. The first-order valence-corrected chi connectivity index (χ1v) is 7.41. The molecule has 2 aromatic rings. The van der Waals surface area contributed by atoms with Gasteiger partial charge >= 0.3 is 0 Å². The molecule has 1 nitrogen and oxygen atoms in total. The normalized spacial score (nSPS) is 11.7. The number of rotatable bonds is 4. The summed E-state index contributed by atoms with van der Waals surface area (Å²) < 4.78 is 0. The van der Waals surface area contributed by atoms with E-state index in [1.165, 1.54) is 11.1 Å². The van der Waals surface area contributed by atoms with Crippen LogP contribution in [-0.2, 0) is 4.79 Å². The number of ketones is 1. The van der Waals surface area contributed by atoms with Crippen LogP contribution in [0.15, 0.2) is 35.0 Å². The van der Waals surface area contributed by atoms with Gasteiger partial charge in [0.15, 0.2) is 5.78 Å². The Bertz CT molecular complexity index is 547. The fraction of sp³-hybridized carbons (Fsp3) is 0.133. The topological polar surface area (TPSA) is 17.1 Å². The van der Waals surface area contributed by atoms with Gasteiger partial charge in [-0.15, -0.1) is 22.7 Å². The van der Waals surface area contributed by atoms with E-state index in [1.54, 1.807) is 34.8 Å². The standard InChI is InChI=1S/C15H14OS2/c1-11-7-9-17-14(11)5-3-13(16)4-6-15-12(2)8-10-18-15/h3-10H,1-2H3/b5-3+,6-4+. The Hall–Kier alpha value is -1.45. The molecule has 0 aliphatic heterocycles. The van der Waals surface area contributed by atoms with Gasteiger partial charge in [-0.1, -0.05) is 0 Å². The average molecular weight is 274 g/mol. The van der Waals surface area contributed by atoms with E-state index in [1.807, 2.05) is 36.8 Å². The molecule has 3 heteroatoms. The Kier molecular flexibility index (Phi) is 4.28. The summed E-state index contributed by atoms with van der Waals surface area (Å²) in [6.45, 7) is 4.09. The largest absolute Gasteiger partial charge is 0.290 e. The molecule has 0 N–H and O–H groups in total. The number of allylic oxidation sites excluding steroid dienone is 2. The summed E-state index contributed by atoms with van der Waals surface area (Å²) in [4.78, 5) is 14.0. The van der Waals surface area contributed by atoms with Gasteiger partial charge in [0.05, 0.1) is 0 Å². The molecule has 0 aliphatic carbocycles. The Labute approximate surface area is 115 Å². The van der Waals surface area contributed by atoms with E-state index >= 15 is 0 Å². The maximum Gasteiger partial charge on any atom is 0.178 e. The summed E-state index contributed by atoms with van der Waals surface area (Å²) in [6, 6.07) is 4.11. The lowest BCUT2D eigenvalue weighted by Gasteiger charge is -1.89. The smallest absolute Gasteiger partial charge is 0.178 e. The second kappa shape index (κ2) is 5.94. The third kappa shape index (κ3) is 3.28. The molecule has 0 saturated carbocycles. The van der Waals surface area contributed by atoms with Crippen LogP contribution in [0.2, 0.25) is 0 Å². The Morgan fingerprint density at radius 1 is 0.944 bits per heavy atom. The minimum Gasteiger partial charge on any atom is -0.290 e. The molecule has 0 aromatic carbocycles. The van der Waals surface area contributed by atoms with Crippen LogP contribution in [-0.4, -0.2) is 5.78 Å². The molecule has 92 valence electrons. The van der Waals surface area contributed by atoms with Gasteiger partial charge in [0, 0.05) is 9.75 Å². The van der Waals surface area contributed by atoms with Crippen molar-refractivity contribution in [2.45, 2.75) is 13.8 Å². The van der Waals surface area contributed by atoms with Crippen molar-refractivity contribution >= 4 is 40.6 Å². The number of aryl methyl sites for hydroxylation is 2. The average Bonchev–Trinajstić information content (AvgIpc) is 2.93. The molecule has 0 amide bonds. The zero-order chi connectivity index (χ0) is 13.0. The first kappa shape index (κ1) is 13.0. The first-order chi connectivity index (χ1) is 8.66. The molecule has 18 heavy (non-hydrogen) atoms. The van der Waals surface area contributed by atoms with Crippen LogP contribution in [0.1, 0.15) is 20.9 Å². The van der Waals surface area contributed by atoms with E-state index < -0.39 is 0 Å². The van der Waals surface area contributed by atoms with Crippen molar-refractivity contribution in [2.75, 3.05) is 0 Å². The van der Waals surface area contributed by atoms with Gasteiger partial charge in [-0.05, 0) is 72.2 Å². The molecule has 0 bridgehead atoms. The highest BCUT2D eigenvalue weighted by molar-refractivity contribution is 7.11. The fourth-order valence-corrected chi connectivity index (χ4v) is 3.12. The zero-order valence-electron chi connectivity index (χ0n) is 10.3. The van der Waals surface area contributed by atoms with Gasteiger partial charge < -0.3 is 0 Å². The van der Waals surface area contributed by atoms with Crippen molar-refractivity contribution in [2.24, 2.45) is 0 Å². The molecule has 2 heterocycles. The SMILES string of the molecule is Cc1ccsc1/C=C/C(=O)/C=C/c1sccc1C. The van der Waals surface area contributed by atoms with Crippen molar-refractivity contribution in [3.63, 3.8) is 0 Å². The Morgan fingerprint density at radius 2 is 1.39 bits per heavy atom. The molecule has 2 rings (SSSR count). The third-order valence-corrected chi connectivity index (χ3v) is 4.57. The second-order valence-corrected chi connectivity index (χ2v) is 5.90. The molecule has 0 spiro atoms. The molecular weight excluding hydrogens is 260 g/mol. The Morgan fingerprint density at radius 3 is 1.72 bits per heavy atom. The number of carbonyl (C=O) groups excluding carboxylic acids is 1. The van der Waals surface area contributed by atoms with Gasteiger partial charge in [0.25, 0.3) is 0 Å². The molecule has 0 unspecified atom stereocenters. The van der Waals surface area contributed by atoms with Crippen molar-refractivity contribution in [3.05, 3.63) is 55.9 Å². The summed E-state index contributed by atoms with van der Waals surface area (Å²) in [7, 11) is 0. The second-order valence-electron chi connectivity index (χ2n) is 4.00. The molecule has 0 atom stereocenters. The van der Waals surface area contributed by atoms with E-state index in [4.69, 9.17) is 0 Å². The summed E-state index contributed by atoms with van der Waals surface area (Å²) in [5.41, 5.74) is 2.42. The van der Waals surface area contributed by atoms with Crippen molar-refractivity contribution < 1.29 is 4.79 Å². The number of carbonyl (C=O) groups is 1. The highest BCUT2D eigenvalue weighted by Gasteiger charge is 1.97. The monoisotopic (exact) mass is 274 g/mol. The molecule has 0 radical (unpaired) electrons. The van der Waals surface area contributed by atoms with Gasteiger partial charge in [-0.2, -0.15) is 0 Å². The van der Waals surface area contributed by atoms with Crippen molar-refractivity contribution in [1.82, 2.24) is 0 Å². The molecule has 2 aromatic heterocycles. The third-order valence-electron chi connectivity index (χ3n) is 2.60. The minimum absolute atomic E-state index is 0.0237. The number of hydrogen-bond acceptors (Lipinski definition) is 3. The Balaban J connectivity index is 2.01. The van der Waals surface area contributed by atoms with Gasteiger partial charge in [0.1, 0.15) is 0 Å². The van der Waals surface area contributed by atoms with Crippen molar-refractivity contribution in [1.29, 1.82) is 0 Å². The van der Waals surface area contributed by atoms with Crippen LogP contribution in [0.25, 0.3) is 12.2 Å². The van der Waals surface area contributed by atoms with Crippen LogP contribution in [0, 0.1) is 13.8 Å². The van der Waals surface area contributed by atoms with E-state index in [2.05, 4.69) is 12.1 Å². The van der Waals surface area contributed by atoms with Crippen LogP contribution < -0.4 is 0 Å². The highest BCUT2D eigenvalue weighted by Crippen LogP contribution is 2.18. The minimum atomic E-state index is 0.0237. The van der Waals surface area contributed by atoms with E-state index in [0.717, 1.165) is 9.75 Å². The highest BCUT2D eigenvalue weighted by atomic mass is 32.1. The molecular formula is C15H14OS2. The number of hydrogen-bond donors (Lipinski definition) is 0. The predicted molar refractivity (Wildman–Crippen MR) is 81.2 cm³/mol. The van der Waals surface area contributed by atoms with Crippen LogP contribution in [0.4, 0.5) is 0 Å². The van der Waals surface area contributed by atoms with Gasteiger partial charge in [0.2, 0.25) is 0 Å². The lowest BCUT2D eigenvalue weighted by atomic mass is 10.2. The van der Waals surface area contributed by atoms with E-state index in [9.17, 15) is 4.79 Å². The van der Waals surface area contributed by atoms with Crippen LogP contribution >= 0.6 is 22.7 Å². The maximum atomic E-state index is 11.7. The van der Waals surface area contributed by atoms with Crippen molar-refractivity contribution in [3.8, 4) is 0 Å². The summed E-state index contributed by atoms with van der Waals surface area (Å²) in [5, 5.41) is 4.06. The van der Waals surface area contributed by atoms with E-state index in [0.29, 0.717) is 0 Å². The van der Waals surface area contributed by atoms with Crippen LogP contribution in [0.5, 0.6) is 0 Å². The quantitative estimate of drug-likeness (QED) is 0.737. The zero-order valence-corrected chi connectivity index (χ0v) is 12.0. The first-order valence-electron chi connectivity index (χ1n) is 5.65. The fourth-order valence-electron chi connectivity index (χ4n) is 1.48.